The molecule has 7 heteroatoms. The highest BCUT2D eigenvalue weighted by Crippen LogP contribution is 2.27. The average Bonchev–Trinajstić information content (AvgIpc) is 2.52. The number of carboxylic acid groups (broad SMARTS) is 3. The fourth-order valence-electron chi connectivity index (χ4n) is 2.91. The van der Waals surface area contributed by atoms with Crippen LogP contribution in [-0.4, -0.2) is 55.8 Å². The molecule has 0 aromatic rings. The molecule has 0 fully saturated rings. The van der Waals surface area contributed by atoms with Gasteiger partial charge in [0.2, 0.25) is 0 Å². The number of quaternary nitrogens is 1. The summed E-state index contributed by atoms with van der Waals surface area (Å²) in [4.78, 5) is 34.6. The zero-order chi connectivity index (χ0) is 18.9. The Bertz CT molecular complexity index is 423. The van der Waals surface area contributed by atoms with Gasteiger partial charge in [-0.15, -0.1) is 0 Å². The average molecular weight is 344 g/mol. The van der Waals surface area contributed by atoms with Gasteiger partial charge in [0.05, 0.1) is 6.20 Å². The topological polar surface area (TPSA) is 112 Å². The minimum absolute atomic E-state index is 0.658. The van der Waals surface area contributed by atoms with Gasteiger partial charge >= 0.3 is 17.9 Å². The van der Waals surface area contributed by atoms with E-state index in [1.165, 1.54) is 27.0 Å². The van der Waals surface area contributed by atoms with E-state index in [9.17, 15) is 29.7 Å². The summed E-state index contributed by atoms with van der Waals surface area (Å²) >= 11 is 0. The standard InChI is InChI=1S/C17H29NO6/c1-5-6-7-8-9-10-11-18(12(2)15(19)20,13(3)16(21)22)14(4)17(23)24/h10-14H,5-9H2,1-4H3,(H2-,19,20,21,22,23,24)/p+1/b11-10+. The van der Waals surface area contributed by atoms with Crippen LogP contribution in [-0.2, 0) is 14.4 Å². The zero-order valence-corrected chi connectivity index (χ0v) is 14.9. The number of carbonyl (C=O) groups is 3. The van der Waals surface area contributed by atoms with E-state index in [0.29, 0.717) is 6.42 Å². The second-order valence-corrected chi connectivity index (χ2v) is 6.17. The molecular formula is C17H30NO6+. The van der Waals surface area contributed by atoms with Gasteiger partial charge in [0.1, 0.15) is 0 Å². The largest absolute Gasteiger partial charge is 0.477 e. The van der Waals surface area contributed by atoms with Crippen LogP contribution in [0.5, 0.6) is 0 Å². The van der Waals surface area contributed by atoms with Gasteiger partial charge in [0.15, 0.2) is 18.1 Å². The summed E-state index contributed by atoms with van der Waals surface area (Å²) in [5, 5.41) is 28.2. The van der Waals surface area contributed by atoms with Gasteiger partial charge in [-0.1, -0.05) is 26.2 Å². The molecule has 0 aliphatic rings. The Morgan fingerprint density at radius 3 is 1.58 bits per heavy atom. The van der Waals surface area contributed by atoms with Gasteiger partial charge in [-0.05, 0) is 39.7 Å². The predicted molar refractivity (Wildman–Crippen MR) is 89.5 cm³/mol. The molecule has 3 N–H and O–H groups in total. The highest BCUT2D eigenvalue weighted by Gasteiger charge is 2.51. The van der Waals surface area contributed by atoms with Crippen LogP contribution < -0.4 is 0 Å². The van der Waals surface area contributed by atoms with E-state index < -0.39 is 40.5 Å². The van der Waals surface area contributed by atoms with Crippen molar-refractivity contribution in [1.29, 1.82) is 0 Å². The van der Waals surface area contributed by atoms with Gasteiger partial charge < -0.3 is 15.3 Å². The zero-order valence-electron chi connectivity index (χ0n) is 14.9. The van der Waals surface area contributed by atoms with Gasteiger partial charge in [0.25, 0.3) is 0 Å². The Hall–Kier alpha value is -1.89. The third kappa shape index (κ3) is 5.33. The second kappa shape index (κ2) is 10.1. The van der Waals surface area contributed by atoms with Crippen molar-refractivity contribution < 1.29 is 34.2 Å². The molecule has 0 heterocycles. The van der Waals surface area contributed by atoms with E-state index in [2.05, 4.69) is 6.92 Å². The molecule has 0 aliphatic carbocycles. The Balaban J connectivity index is 5.73. The number of carboxylic acids is 3. The Labute approximate surface area is 143 Å². The van der Waals surface area contributed by atoms with Crippen LogP contribution in [0.15, 0.2) is 12.3 Å². The van der Waals surface area contributed by atoms with E-state index in [-0.39, 0.29) is 0 Å². The molecule has 0 aromatic carbocycles. The van der Waals surface area contributed by atoms with Crippen molar-refractivity contribution in [3.63, 3.8) is 0 Å². The van der Waals surface area contributed by atoms with Crippen molar-refractivity contribution in [2.75, 3.05) is 0 Å². The fourth-order valence-corrected chi connectivity index (χ4v) is 2.91. The lowest BCUT2D eigenvalue weighted by Gasteiger charge is -2.44. The van der Waals surface area contributed by atoms with Gasteiger partial charge in [-0.25, -0.2) is 14.4 Å². The summed E-state index contributed by atoms with van der Waals surface area (Å²) in [6.07, 6.45) is 7.94. The normalized spacial score (nSPS) is 17.8. The summed E-state index contributed by atoms with van der Waals surface area (Å²) in [7, 11) is 0. The summed E-state index contributed by atoms with van der Waals surface area (Å²) < 4.78 is -0.659. The van der Waals surface area contributed by atoms with Crippen LogP contribution in [0.25, 0.3) is 0 Å². The number of allylic oxidation sites excluding steroid dienone is 1. The molecule has 3 atom stereocenters. The maximum atomic E-state index is 11.5. The summed E-state index contributed by atoms with van der Waals surface area (Å²) in [6, 6.07) is -3.60. The molecule has 7 nitrogen and oxygen atoms in total. The molecule has 0 rings (SSSR count). The highest BCUT2D eigenvalue weighted by molar-refractivity contribution is 5.77. The number of aliphatic carboxylic acids is 3. The van der Waals surface area contributed by atoms with Gasteiger partial charge in [0, 0.05) is 0 Å². The number of unbranched alkanes of at least 4 members (excludes halogenated alkanes) is 4. The van der Waals surface area contributed by atoms with E-state index in [4.69, 9.17) is 0 Å². The maximum Gasteiger partial charge on any atom is 0.362 e. The molecule has 3 unspecified atom stereocenters. The quantitative estimate of drug-likeness (QED) is 0.371. The highest BCUT2D eigenvalue weighted by atomic mass is 16.4. The SMILES string of the molecule is CCCCCC/C=C/[N+](C(C)C(=O)O)(C(C)C(=O)O)C(C)C(=O)O. The number of hydrogen-bond acceptors (Lipinski definition) is 3. The first kappa shape index (κ1) is 22.1. The van der Waals surface area contributed by atoms with Gasteiger partial charge in [-0.3, -0.25) is 4.48 Å². The van der Waals surface area contributed by atoms with Crippen LogP contribution in [0.4, 0.5) is 0 Å². The lowest BCUT2D eigenvalue weighted by molar-refractivity contribution is -0.922. The van der Waals surface area contributed by atoms with Crippen molar-refractivity contribution in [2.24, 2.45) is 0 Å². The minimum Gasteiger partial charge on any atom is -0.477 e. The van der Waals surface area contributed by atoms with Crippen molar-refractivity contribution >= 4 is 17.9 Å². The predicted octanol–water partition coefficient (Wildman–Crippen LogP) is 2.71. The fraction of sp³-hybridized carbons (Fsp3) is 0.706. The molecule has 0 aliphatic heterocycles. The summed E-state index contributed by atoms with van der Waals surface area (Å²) in [5.74, 6) is -3.69. The minimum atomic E-state index is -1.23. The third-order valence-corrected chi connectivity index (χ3v) is 4.67. The van der Waals surface area contributed by atoms with Crippen LogP contribution in [0.1, 0.15) is 59.8 Å². The van der Waals surface area contributed by atoms with E-state index in [1.54, 1.807) is 6.08 Å². The summed E-state index contributed by atoms with van der Waals surface area (Å²) in [6.45, 7) is 6.14. The summed E-state index contributed by atoms with van der Waals surface area (Å²) in [5.41, 5.74) is 0. The van der Waals surface area contributed by atoms with Crippen molar-refractivity contribution in [2.45, 2.75) is 77.9 Å². The van der Waals surface area contributed by atoms with Crippen molar-refractivity contribution in [3.8, 4) is 0 Å². The maximum absolute atomic E-state index is 11.5. The van der Waals surface area contributed by atoms with E-state index in [1.807, 2.05) is 0 Å². The number of hydrogen-bond donors (Lipinski definition) is 3. The molecule has 0 saturated carbocycles. The van der Waals surface area contributed by atoms with Crippen LogP contribution >= 0.6 is 0 Å². The smallest absolute Gasteiger partial charge is 0.362 e. The number of nitrogens with zero attached hydrogens (tertiary/aromatic N) is 1. The molecule has 0 saturated heterocycles. The molecular weight excluding hydrogens is 314 g/mol. The Morgan fingerprint density at radius 1 is 0.833 bits per heavy atom. The first-order valence-electron chi connectivity index (χ1n) is 8.36. The molecule has 24 heavy (non-hydrogen) atoms. The van der Waals surface area contributed by atoms with Crippen LogP contribution in [0.3, 0.4) is 0 Å². The van der Waals surface area contributed by atoms with E-state index >= 15 is 0 Å². The molecule has 0 radical (unpaired) electrons. The monoisotopic (exact) mass is 344 g/mol. The van der Waals surface area contributed by atoms with Crippen LogP contribution in [0.2, 0.25) is 0 Å². The first-order valence-corrected chi connectivity index (χ1v) is 8.36. The molecule has 0 amide bonds. The third-order valence-electron chi connectivity index (χ3n) is 4.67. The Morgan fingerprint density at radius 2 is 1.25 bits per heavy atom. The molecule has 0 bridgehead atoms. The first-order chi connectivity index (χ1) is 11.1. The van der Waals surface area contributed by atoms with E-state index in [0.717, 1.165) is 25.7 Å². The van der Waals surface area contributed by atoms with Crippen molar-refractivity contribution in [1.82, 2.24) is 0 Å². The van der Waals surface area contributed by atoms with Crippen LogP contribution in [0, 0.1) is 0 Å². The lowest BCUT2D eigenvalue weighted by atomic mass is 10.0. The molecule has 138 valence electrons. The molecule has 0 spiro atoms. The van der Waals surface area contributed by atoms with Crippen molar-refractivity contribution in [3.05, 3.63) is 12.3 Å². The lowest BCUT2D eigenvalue weighted by Crippen LogP contribution is -2.67. The Kier molecular flexibility index (Phi) is 9.28. The number of rotatable bonds is 12. The molecule has 0 aromatic heterocycles. The van der Waals surface area contributed by atoms with Gasteiger partial charge in [-0.2, -0.15) is 0 Å². The second-order valence-electron chi connectivity index (χ2n) is 6.17.